The zero-order valence-corrected chi connectivity index (χ0v) is 23.1. The Balaban J connectivity index is 1.73. The second kappa shape index (κ2) is 11.0. The highest BCUT2D eigenvalue weighted by molar-refractivity contribution is 6.33. The second-order valence-corrected chi connectivity index (χ2v) is 10.9. The third kappa shape index (κ3) is 5.61. The Kier molecular flexibility index (Phi) is 8.11. The first kappa shape index (κ1) is 27.4. The van der Waals surface area contributed by atoms with Gasteiger partial charge in [0.1, 0.15) is 18.2 Å². The van der Waals surface area contributed by atoms with Crippen LogP contribution in [0.15, 0.2) is 23.9 Å². The van der Waals surface area contributed by atoms with Gasteiger partial charge in [-0.2, -0.15) is 0 Å². The number of nitrogens with two attached hydrogens (primary N) is 1. The monoisotopic (exact) mass is 528 g/mol. The number of hydrogen-bond donors (Lipinski definition) is 2. The summed E-state index contributed by atoms with van der Waals surface area (Å²) < 4.78 is 11.3. The van der Waals surface area contributed by atoms with E-state index < -0.39 is 6.10 Å². The van der Waals surface area contributed by atoms with Crippen LogP contribution in [0.2, 0.25) is 5.02 Å². The van der Waals surface area contributed by atoms with Gasteiger partial charge in [0.15, 0.2) is 11.6 Å². The lowest BCUT2D eigenvalue weighted by molar-refractivity contribution is -0.111. The topological polar surface area (TPSA) is 111 Å². The van der Waals surface area contributed by atoms with Gasteiger partial charge in [-0.15, -0.1) is 0 Å². The number of aliphatic hydroxyl groups excluding tert-OH is 1. The fraction of sp³-hybridized carbons (Fsp3) is 0.536. The van der Waals surface area contributed by atoms with E-state index in [2.05, 4.69) is 4.90 Å². The molecule has 2 fully saturated rings. The van der Waals surface area contributed by atoms with Crippen molar-refractivity contribution in [3.05, 3.63) is 40.2 Å². The van der Waals surface area contributed by atoms with Crippen LogP contribution in [0.3, 0.4) is 0 Å². The number of ketones is 1. The van der Waals surface area contributed by atoms with E-state index in [0.717, 1.165) is 43.7 Å². The average Bonchev–Trinajstić information content (AvgIpc) is 2.78. The summed E-state index contributed by atoms with van der Waals surface area (Å²) in [5, 5.41) is 10.5. The van der Waals surface area contributed by atoms with Gasteiger partial charge in [-0.05, 0) is 58.2 Å². The molecule has 0 amide bonds. The van der Waals surface area contributed by atoms with Gasteiger partial charge in [0.2, 0.25) is 0 Å². The zero-order chi connectivity index (χ0) is 26.9. The van der Waals surface area contributed by atoms with E-state index in [1.54, 1.807) is 32.2 Å². The number of carbonyl (C=O) groups is 1. The molecule has 1 aliphatic carbocycles. The number of ether oxygens (including phenoxy) is 2. The van der Waals surface area contributed by atoms with Crippen LogP contribution < -0.4 is 15.4 Å². The number of aliphatic hydroxyl groups is 1. The highest BCUT2D eigenvalue weighted by Crippen LogP contribution is 2.51. The van der Waals surface area contributed by atoms with Crippen molar-refractivity contribution in [2.24, 2.45) is 11.1 Å². The number of Topliss-reactive ketones (excluding diaryl/α,β-unsaturated/α-hetero) is 1. The molecule has 2 aliphatic rings. The van der Waals surface area contributed by atoms with Crippen molar-refractivity contribution in [2.75, 3.05) is 31.7 Å². The number of benzene rings is 1. The van der Waals surface area contributed by atoms with E-state index in [0.29, 0.717) is 51.6 Å². The number of halogens is 1. The van der Waals surface area contributed by atoms with Crippen LogP contribution in [-0.4, -0.2) is 59.9 Å². The number of hydrogen-bond acceptors (Lipinski definition) is 8. The molecule has 0 bridgehead atoms. The second-order valence-electron chi connectivity index (χ2n) is 10.5. The molecule has 2 heterocycles. The highest BCUT2D eigenvalue weighted by Gasteiger charge is 2.53. The maximum atomic E-state index is 12.6. The van der Waals surface area contributed by atoms with E-state index in [1.807, 2.05) is 13.8 Å². The van der Waals surface area contributed by atoms with Gasteiger partial charge in [0.25, 0.3) is 0 Å². The molecule has 1 atom stereocenters. The first-order chi connectivity index (χ1) is 17.6. The number of rotatable bonds is 10. The van der Waals surface area contributed by atoms with Crippen LogP contribution in [0.25, 0.3) is 17.0 Å². The molecule has 8 nitrogen and oxygen atoms in total. The van der Waals surface area contributed by atoms with Crippen LogP contribution >= 0.6 is 11.6 Å². The molecule has 0 radical (unpaired) electrons. The predicted molar refractivity (Wildman–Crippen MR) is 146 cm³/mol. The summed E-state index contributed by atoms with van der Waals surface area (Å²) in [6.45, 7) is 9.07. The van der Waals surface area contributed by atoms with Crippen LogP contribution in [0.5, 0.6) is 5.75 Å². The molecule has 1 saturated carbocycles. The third-order valence-corrected chi connectivity index (χ3v) is 7.68. The van der Waals surface area contributed by atoms with E-state index in [1.165, 1.54) is 6.92 Å². The third-order valence-electron chi connectivity index (χ3n) is 7.35. The molecule has 1 spiro atoms. The molecule has 2 aromatic rings. The Labute approximate surface area is 223 Å². The number of allylic oxidation sites excluding steroid dienone is 2. The van der Waals surface area contributed by atoms with Crippen molar-refractivity contribution in [2.45, 2.75) is 65.6 Å². The largest absolute Gasteiger partial charge is 0.491 e. The maximum Gasteiger partial charge on any atom is 0.163 e. The lowest BCUT2D eigenvalue weighted by atomic mass is 9.61. The van der Waals surface area contributed by atoms with E-state index in [9.17, 15) is 9.90 Å². The molecule has 9 heteroatoms. The van der Waals surface area contributed by atoms with E-state index in [4.69, 9.17) is 36.8 Å². The van der Waals surface area contributed by atoms with Gasteiger partial charge < -0.3 is 25.2 Å². The average molecular weight is 529 g/mol. The molecule has 200 valence electrons. The molecule has 4 rings (SSSR count). The summed E-state index contributed by atoms with van der Waals surface area (Å²) in [5.41, 5.74) is 9.10. The van der Waals surface area contributed by atoms with Crippen molar-refractivity contribution in [3.63, 3.8) is 0 Å². The Morgan fingerprint density at radius 2 is 2.00 bits per heavy atom. The Bertz CT molecular complexity index is 1200. The molecule has 3 N–H and O–H groups in total. The maximum absolute atomic E-state index is 12.6. The lowest BCUT2D eigenvalue weighted by Gasteiger charge is -2.59. The number of nitrogens with zero attached hydrogens (tertiary/aromatic N) is 3. The van der Waals surface area contributed by atoms with Crippen molar-refractivity contribution in [1.82, 2.24) is 9.97 Å². The van der Waals surface area contributed by atoms with Crippen LogP contribution in [0.1, 0.15) is 57.7 Å². The van der Waals surface area contributed by atoms with Gasteiger partial charge >= 0.3 is 0 Å². The number of anilines is 1. The number of methoxy groups -OCH3 is 1. The SMILES string of the molecule is CCC[C@@H](O)COc1ccc(Cl)c(-c2nc(C(C(C)=O)=C(C)N)c(C)c(N3CC4(CC(OC)C4)C3)n2)c1. The van der Waals surface area contributed by atoms with Crippen molar-refractivity contribution < 1.29 is 19.4 Å². The molecule has 1 saturated heterocycles. The van der Waals surface area contributed by atoms with Crippen LogP contribution in [0.4, 0.5) is 5.82 Å². The Hall–Kier alpha value is -2.68. The molecular weight excluding hydrogens is 492 g/mol. The minimum absolute atomic E-state index is 0.159. The normalized spacial score (nSPS) is 18.2. The van der Waals surface area contributed by atoms with Gasteiger partial charge in [-0.1, -0.05) is 24.9 Å². The smallest absolute Gasteiger partial charge is 0.163 e. The van der Waals surface area contributed by atoms with Gasteiger partial charge in [0.05, 0.1) is 28.5 Å². The summed E-state index contributed by atoms with van der Waals surface area (Å²) in [6, 6.07) is 5.26. The quantitative estimate of drug-likeness (QED) is 0.432. The van der Waals surface area contributed by atoms with Gasteiger partial charge in [-0.3, -0.25) is 4.79 Å². The molecule has 1 aromatic heterocycles. The highest BCUT2D eigenvalue weighted by atomic mass is 35.5. The number of carbonyl (C=O) groups excluding carboxylic acids is 1. The fourth-order valence-electron chi connectivity index (χ4n) is 5.43. The minimum atomic E-state index is -0.545. The summed E-state index contributed by atoms with van der Waals surface area (Å²) >= 11 is 6.61. The lowest BCUT2D eigenvalue weighted by Crippen LogP contribution is -2.64. The van der Waals surface area contributed by atoms with Crippen LogP contribution in [-0.2, 0) is 9.53 Å². The number of aromatic nitrogens is 2. The molecule has 1 aliphatic heterocycles. The van der Waals surface area contributed by atoms with E-state index >= 15 is 0 Å². The summed E-state index contributed by atoms with van der Waals surface area (Å²) in [4.78, 5) is 24.6. The van der Waals surface area contributed by atoms with Crippen molar-refractivity contribution in [3.8, 4) is 17.1 Å². The van der Waals surface area contributed by atoms with Crippen molar-refractivity contribution >= 4 is 28.8 Å². The first-order valence-corrected chi connectivity index (χ1v) is 13.2. The van der Waals surface area contributed by atoms with Crippen LogP contribution in [0, 0.1) is 12.3 Å². The molecule has 37 heavy (non-hydrogen) atoms. The standard InChI is InChI=1S/C28H37ClN4O4/c1-6-7-19(35)13-37-20-8-9-23(29)22(10-20)26-31-25(24(17(3)30)18(4)34)16(2)27(32-26)33-14-28(15-33)11-21(12-28)36-5/h8-10,19,21,35H,6-7,11-15,30H2,1-5H3/t19-/m1/s1. The molecule has 0 unspecified atom stereocenters. The van der Waals surface area contributed by atoms with Gasteiger partial charge in [0, 0.05) is 42.4 Å². The summed E-state index contributed by atoms with van der Waals surface area (Å²) in [6.07, 6.45) is 3.39. The first-order valence-electron chi connectivity index (χ1n) is 12.8. The molecular formula is C28H37ClN4O4. The van der Waals surface area contributed by atoms with Crippen molar-refractivity contribution in [1.29, 1.82) is 0 Å². The summed E-state index contributed by atoms with van der Waals surface area (Å²) in [5.74, 6) is 1.56. The summed E-state index contributed by atoms with van der Waals surface area (Å²) in [7, 11) is 1.76. The fourth-order valence-corrected chi connectivity index (χ4v) is 5.63. The zero-order valence-electron chi connectivity index (χ0n) is 22.3. The van der Waals surface area contributed by atoms with E-state index in [-0.39, 0.29) is 17.8 Å². The Morgan fingerprint density at radius 3 is 2.59 bits per heavy atom. The minimum Gasteiger partial charge on any atom is -0.491 e. The Morgan fingerprint density at radius 1 is 1.30 bits per heavy atom. The van der Waals surface area contributed by atoms with Gasteiger partial charge in [-0.25, -0.2) is 9.97 Å². The predicted octanol–water partition coefficient (Wildman–Crippen LogP) is 4.54. The molecule has 1 aromatic carbocycles.